The average Bonchev–Trinajstić information content (AvgIpc) is 2.75. The molecule has 0 saturated carbocycles. The van der Waals surface area contributed by atoms with Crippen LogP contribution in [-0.2, 0) is 6.42 Å². The molecule has 1 aliphatic carbocycles. The number of hydrogen-bond donors (Lipinski definition) is 1. The maximum absolute atomic E-state index is 6.05. The largest absolute Gasteiger partial charge is 0.378 e. The predicted octanol–water partition coefficient (Wildman–Crippen LogP) is 5.06. The molecule has 1 aliphatic rings. The van der Waals surface area contributed by atoms with E-state index in [4.69, 9.17) is 11.6 Å². The van der Waals surface area contributed by atoms with Crippen LogP contribution in [0.2, 0.25) is 5.02 Å². The van der Waals surface area contributed by atoms with Gasteiger partial charge in [0.15, 0.2) is 0 Å². The Bertz CT molecular complexity index is 619. The SMILES string of the molecule is Cc1ccc(NC2CCc3cc(Cl)ccc32)c(C)c1. The molecular weight excluding hydrogens is 254 g/mol. The van der Waals surface area contributed by atoms with Gasteiger partial charge in [-0.05, 0) is 61.6 Å². The summed E-state index contributed by atoms with van der Waals surface area (Å²) in [5, 5.41) is 4.51. The van der Waals surface area contributed by atoms with Gasteiger partial charge < -0.3 is 5.32 Å². The summed E-state index contributed by atoms with van der Waals surface area (Å²) in [5.41, 5.74) is 6.63. The predicted molar refractivity (Wildman–Crippen MR) is 82.1 cm³/mol. The number of halogens is 1. The van der Waals surface area contributed by atoms with Crippen molar-refractivity contribution in [3.05, 3.63) is 63.7 Å². The van der Waals surface area contributed by atoms with E-state index in [1.165, 1.54) is 27.9 Å². The first-order valence-corrected chi connectivity index (χ1v) is 7.13. The van der Waals surface area contributed by atoms with E-state index in [1.54, 1.807) is 0 Å². The summed E-state index contributed by atoms with van der Waals surface area (Å²) in [6, 6.07) is 13.2. The molecule has 19 heavy (non-hydrogen) atoms. The van der Waals surface area contributed by atoms with Gasteiger partial charge in [-0.1, -0.05) is 35.4 Å². The Morgan fingerprint density at radius 2 is 1.95 bits per heavy atom. The molecular formula is C17H18ClN. The molecule has 0 radical (unpaired) electrons. The number of rotatable bonds is 2. The fourth-order valence-electron chi connectivity index (χ4n) is 2.90. The number of aryl methyl sites for hydroxylation is 3. The van der Waals surface area contributed by atoms with Crippen LogP contribution >= 0.6 is 11.6 Å². The molecule has 0 aromatic heterocycles. The molecule has 1 unspecified atom stereocenters. The number of anilines is 1. The van der Waals surface area contributed by atoms with E-state index < -0.39 is 0 Å². The molecule has 0 heterocycles. The fraction of sp³-hybridized carbons (Fsp3) is 0.294. The van der Waals surface area contributed by atoms with Crippen LogP contribution in [0.15, 0.2) is 36.4 Å². The lowest BCUT2D eigenvalue weighted by Crippen LogP contribution is -2.08. The van der Waals surface area contributed by atoms with E-state index in [0.717, 1.165) is 17.9 Å². The van der Waals surface area contributed by atoms with Crippen LogP contribution < -0.4 is 5.32 Å². The summed E-state index contributed by atoms with van der Waals surface area (Å²) in [6.07, 6.45) is 2.25. The minimum Gasteiger partial charge on any atom is -0.378 e. The molecule has 0 fully saturated rings. The van der Waals surface area contributed by atoms with Gasteiger partial charge in [0.1, 0.15) is 0 Å². The van der Waals surface area contributed by atoms with Crippen LogP contribution in [0.25, 0.3) is 0 Å². The summed E-state index contributed by atoms with van der Waals surface area (Å²) in [7, 11) is 0. The lowest BCUT2D eigenvalue weighted by molar-refractivity contribution is 0.761. The van der Waals surface area contributed by atoms with E-state index in [-0.39, 0.29) is 0 Å². The zero-order chi connectivity index (χ0) is 13.4. The molecule has 0 aliphatic heterocycles. The van der Waals surface area contributed by atoms with Gasteiger partial charge >= 0.3 is 0 Å². The Labute approximate surface area is 119 Å². The fourth-order valence-corrected chi connectivity index (χ4v) is 3.09. The lowest BCUT2D eigenvalue weighted by atomic mass is 10.1. The highest BCUT2D eigenvalue weighted by Gasteiger charge is 2.22. The average molecular weight is 272 g/mol. The van der Waals surface area contributed by atoms with Gasteiger partial charge in [-0.25, -0.2) is 0 Å². The summed E-state index contributed by atoms with van der Waals surface area (Å²) in [5.74, 6) is 0. The molecule has 3 rings (SSSR count). The highest BCUT2D eigenvalue weighted by Crippen LogP contribution is 2.35. The van der Waals surface area contributed by atoms with Crippen LogP contribution in [0.1, 0.15) is 34.7 Å². The highest BCUT2D eigenvalue weighted by molar-refractivity contribution is 6.30. The van der Waals surface area contributed by atoms with Gasteiger partial charge in [0.25, 0.3) is 0 Å². The third kappa shape index (κ3) is 2.48. The first-order chi connectivity index (χ1) is 9.13. The maximum atomic E-state index is 6.05. The molecule has 1 N–H and O–H groups in total. The molecule has 0 amide bonds. The van der Waals surface area contributed by atoms with Crippen LogP contribution in [0.3, 0.4) is 0 Å². The van der Waals surface area contributed by atoms with Crippen LogP contribution in [0.5, 0.6) is 0 Å². The Morgan fingerprint density at radius 3 is 2.74 bits per heavy atom. The maximum Gasteiger partial charge on any atom is 0.0519 e. The van der Waals surface area contributed by atoms with E-state index in [9.17, 15) is 0 Å². The minimum atomic E-state index is 0.411. The van der Waals surface area contributed by atoms with Crippen molar-refractivity contribution in [2.24, 2.45) is 0 Å². The quantitative estimate of drug-likeness (QED) is 0.805. The molecule has 1 atom stereocenters. The molecule has 1 nitrogen and oxygen atoms in total. The van der Waals surface area contributed by atoms with Gasteiger partial charge in [0.2, 0.25) is 0 Å². The first kappa shape index (κ1) is 12.6. The Balaban J connectivity index is 1.86. The van der Waals surface area contributed by atoms with Crippen molar-refractivity contribution in [2.45, 2.75) is 32.7 Å². The van der Waals surface area contributed by atoms with Crippen LogP contribution in [0.4, 0.5) is 5.69 Å². The second-order valence-electron chi connectivity index (χ2n) is 5.40. The molecule has 0 bridgehead atoms. The van der Waals surface area contributed by atoms with E-state index in [0.29, 0.717) is 6.04 Å². The molecule has 2 aromatic carbocycles. The third-order valence-electron chi connectivity index (χ3n) is 3.89. The highest BCUT2D eigenvalue weighted by atomic mass is 35.5. The summed E-state index contributed by atoms with van der Waals surface area (Å²) < 4.78 is 0. The van der Waals surface area contributed by atoms with E-state index in [2.05, 4.69) is 49.5 Å². The molecule has 2 heteroatoms. The number of nitrogens with one attached hydrogen (secondary N) is 1. The number of benzene rings is 2. The summed E-state index contributed by atoms with van der Waals surface area (Å²) in [4.78, 5) is 0. The second kappa shape index (κ2) is 4.90. The zero-order valence-corrected chi connectivity index (χ0v) is 12.1. The lowest BCUT2D eigenvalue weighted by Gasteiger charge is -2.17. The Kier molecular flexibility index (Phi) is 3.24. The smallest absolute Gasteiger partial charge is 0.0519 e. The van der Waals surface area contributed by atoms with Crippen molar-refractivity contribution in [2.75, 3.05) is 5.32 Å². The topological polar surface area (TPSA) is 12.0 Å². The summed E-state index contributed by atoms with van der Waals surface area (Å²) >= 11 is 6.05. The van der Waals surface area contributed by atoms with Crippen molar-refractivity contribution in [1.29, 1.82) is 0 Å². The Morgan fingerprint density at radius 1 is 1.11 bits per heavy atom. The second-order valence-corrected chi connectivity index (χ2v) is 5.83. The van der Waals surface area contributed by atoms with E-state index in [1.807, 2.05) is 6.07 Å². The monoisotopic (exact) mass is 271 g/mol. The molecule has 0 saturated heterocycles. The van der Waals surface area contributed by atoms with Gasteiger partial charge in [0.05, 0.1) is 6.04 Å². The molecule has 2 aromatic rings. The zero-order valence-electron chi connectivity index (χ0n) is 11.3. The normalized spacial score (nSPS) is 17.3. The number of fused-ring (bicyclic) bond motifs is 1. The first-order valence-electron chi connectivity index (χ1n) is 6.75. The standard InChI is InChI=1S/C17H18ClN/c1-11-3-7-16(12(2)9-11)19-17-8-4-13-10-14(18)5-6-15(13)17/h3,5-7,9-10,17,19H,4,8H2,1-2H3. The molecule has 98 valence electrons. The Hall–Kier alpha value is -1.47. The van der Waals surface area contributed by atoms with Crippen molar-refractivity contribution < 1.29 is 0 Å². The van der Waals surface area contributed by atoms with Gasteiger partial charge in [-0.3, -0.25) is 0 Å². The van der Waals surface area contributed by atoms with Crippen molar-refractivity contribution in [3.63, 3.8) is 0 Å². The van der Waals surface area contributed by atoms with Crippen molar-refractivity contribution in [1.82, 2.24) is 0 Å². The van der Waals surface area contributed by atoms with Crippen LogP contribution in [0, 0.1) is 13.8 Å². The summed E-state index contributed by atoms with van der Waals surface area (Å²) in [6.45, 7) is 4.29. The third-order valence-corrected chi connectivity index (χ3v) is 4.13. The van der Waals surface area contributed by atoms with Crippen LogP contribution in [-0.4, -0.2) is 0 Å². The van der Waals surface area contributed by atoms with E-state index >= 15 is 0 Å². The molecule has 0 spiro atoms. The van der Waals surface area contributed by atoms with Crippen molar-refractivity contribution in [3.8, 4) is 0 Å². The van der Waals surface area contributed by atoms with Gasteiger partial charge in [0, 0.05) is 10.7 Å². The van der Waals surface area contributed by atoms with Gasteiger partial charge in [-0.2, -0.15) is 0 Å². The van der Waals surface area contributed by atoms with Gasteiger partial charge in [-0.15, -0.1) is 0 Å². The number of hydrogen-bond acceptors (Lipinski definition) is 1. The minimum absolute atomic E-state index is 0.411. The van der Waals surface area contributed by atoms with Crippen molar-refractivity contribution >= 4 is 17.3 Å².